The largest absolute Gasteiger partial charge is 0.416 e. The molecule has 1 fully saturated rings. The van der Waals surface area contributed by atoms with Crippen molar-refractivity contribution in [3.05, 3.63) is 42.2 Å². The standard InChI is InChI=1S/C12H11F3N4O2S/c13-12(14,15)9-2-1-3-11(6-9)22(20,21)18-7-10(8-18)19-5-4-16-17-19/h1-6,10H,7-8H2. The molecule has 1 aliphatic rings. The summed E-state index contributed by atoms with van der Waals surface area (Å²) in [5.41, 5.74) is -0.984. The summed E-state index contributed by atoms with van der Waals surface area (Å²) >= 11 is 0. The minimum Gasteiger partial charge on any atom is -0.247 e. The number of aromatic nitrogens is 3. The van der Waals surface area contributed by atoms with Crippen molar-refractivity contribution in [3.63, 3.8) is 0 Å². The number of sulfonamides is 1. The van der Waals surface area contributed by atoms with Crippen LogP contribution >= 0.6 is 0 Å². The zero-order chi connectivity index (χ0) is 16.0. The topological polar surface area (TPSA) is 68.1 Å². The molecule has 0 spiro atoms. The summed E-state index contributed by atoms with van der Waals surface area (Å²) in [5.74, 6) is 0. The summed E-state index contributed by atoms with van der Waals surface area (Å²) in [6.07, 6.45) is -1.49. The molecule has 1 saturated heterocycles. The average Bonchev–Trinajstić information content (AvgIpc) is 2.89. The van der Waals surface area contributed by atoms with E-state index in [1.807, 2.05) is 0 Å². The van der Waals surface area contributed by atoms with E-state index in [0.717, 1.165) is 22.5 Å². The van der Waals surface area contributed by atoms with E-state index in [9.17, 15) is 21.6 Å². The third-order valence-electron chi connectivity index (χ3n) is 3.44. The Kier molecular flexibility index (Phi) is 3.44. The van der Waals surface area contributed by atoms with Crippen molar-refractivity contribution in [2.24, 2.45) is 0 Å². The predicted octanol–water partition coefficient (Wildman–Crippen LogP) is 1.54. The average molecular weight is 332 g/mol. The maximum absolute atomic E-state index is 12.7. The van der Waals surface area contributed by atoms with Crippen LogP contribution in [-0.4, -0.2) is 40.8 Å². The first-order chi connectivity index (χ1) is 10.3. The van der Waals surface area contributed by atoms with Crippen molar-refractivity contribution in [1.82, 2.24) is 19.3 Å². The predicted molar refractivity (Wildman–Crippen MR) is 69.3 cm³/mol. The highest BCUT2D eigenvalue weighted by molar-refractivity contribution is 7.89. The minimum absolute atomic E-state index is 0.150. The van der Waals surface area contributed by atoms with Crippen molar-refractivity contribution in [3.8, 4) is 0 Å². The molecule has 10 heteroatoms. The Labute approximate surface area is 124 Å². The van der Waals surface area contributed by atoms with Gasteiger partial charge in [0.05, 0.1) is 22.7 Å². The Balaban J connectivity index is 1.80. The van der Waals surface area contributed by atoms with Gasteiger partial charge in [-0.05, 0) is 18.2 Å². The van der Waals surface area contributed by atoms with E-state index < -0.39 is 21.8 Å². The zero-order valence-corrected chi connectivity index (χ0v) is 11.9. The number of hydrogen-bond donors (Lipinski definition) is 0. The molecule has 0 amide bonds. The molecule has 0 saturated carbocycles. The van der Waals surface area contributed by atoms with Crippen LogP contribution in [0.5, 0.6) is 0 Å². The molecule has 2 aromatic rings. The zero-order valence-electron chi connectivity index (χ0n) is 11.1. The van der Waals surface area contributed by atoms with E-state index in [2.05, 4.69) is 10.3 Å². The molecule has 0 atom stereocenters. The first kappa shape index (κ1) is 15.0. The van der Waals surface area contributed by atoms with Crippen molar-refractivity contribution < 1.29 is 21.6 Å². The molecule has 22 heavy (non-hydrogen) atoms. The van der Waals surface area contributed by atoms with Gasteiger partial charge < -0.3 is 0 Å². The number of nitrogens with zero attached hydrogens (tertiary/aromatic N) is 4. The van der Waals surface area contributed by atoms with Crippen molar-refractivity contribution in [1.29, 1.82) is 0 Å². The minimum atomic E-state index is -4.58. The number of hydrogen-bond acceptors (Lipinski definition) is 4. The second-order valence-electron chi connectivity index (χ2n) is 4.88. The Hall–Kier alpha value is -1.94. The molecule has 1 aromatic carbocycles. The molecule has 6 nitrogen and oxygen atoms in total. The van der Waals surface area contributed by atoms with Gasteiger partial charge in [-0.15, -0.1) is 5.10 Å². The van der Waals surface area contributed by atoms with E-state index in [-0.39, 0.29) is 24.0 Å². The van der Waals surface area contributed by atoms with Gasteiger partial charge >= 0.3 is 6.18 Å². The fourth-order valence-corrected chi connectivity index (χ4v) is 3.74. The first-order valence-electron chi connectivity index (χ1n) is 6.32. The van der Waals surface area contributed by atoms with Gasteiger partial charge in [-0.3, -0.25) is 0 Å². The van der Waals surface area contributed by atoms with E-state index in [0.29, 0.717) is 6.07 Å². The number of rotatable bonds is 3. The lowest BCUT2D eigenvalue weighted by molar-refractivity contribution is -0.137. The van der Waals surface area contributed by atoms with Gasteiger partial charge in [-0.1, -0.05) is 11.3 Å². The van der Waals surface area contributed by atoms with Crippen LogP contribution in [-0.2, 0) is 16.2 Å². The normalized spacial score (nSPS) is 17.4. The Bertz CT molecular complexity index is 768. The first-order valence-corrected chi connectivity index (χ1v) is 7.76. The highest BCUT2D eigenvalue weighted by Gasteiger charge is 2.39. The quantitative estimate of drug-likeness (QED) is 0.855. The molecule has 0 unspecified atom stereocenters. The summed E-state index contributed by atoms with van der Waals surface area (Å²) in [5, 5.41) is 7.40. The van der Waals surface area contributed by atoms with Crippen molar-refractivity contribution in [2.75, 3.05) is 13.1 Å². The SMILES string of the molecule is O=S(=O)(c1cccc(C(F)(F)F)c1)N1CC(n2ccnn2)C1. The van der Waals surface area contributed by atoms with Crippen LogP contribution in [0.2, 0.25) is 0 Å². The maximum atomic E-state index is 12.7. The summed E-state index contributed by atoms with van der Waals surface area (Å²) in [6, 6.07) is 3.59. The van der Waals surface area contributed by atoms with Gasteiger partial charge in [0.1, 0.15) is 0 Å². The van der Waals surface area contributed by atoms with Gasteiger partial charge in [-0.25, -0.2) is 13.1 Å². The van der Waals surface area contributed by atoms with Crippen LogP contribution in [0.25, 0.3) is 0 Å². The van der Waals surface area contributed by atoms with E-state index in [1.54, 1.807) is 6.20 Å². The van der Waals surface area contributed by atoms with Gasteiger partial charge in [0.15, 0.2) is 0 Å². The lowest BCUT2D eigenvalue weighted by Gasteiger charge is -2.37. The molecule has 3 rings (SSSR count). The molecule has 0 aliphatic carbocycles. The van der Waals surface area contributed by atoms with Crippen molar-refractivity contribution in [2.45, 2.75) is 17.1 Å². The van der Waals surface area contributed by atoms with E-state index in [1.165, 1.54) is 10.9 Å². The molecular weight excluding hydrogens is 321 g/mol. The highest BCUT2D eigenvalue weighted by Crippen LogP contribution is 2.33. The number of halogens is 3. The van der Waals surface area contributed by atoms with E-state index in [4.69, 9.17) is 0 Å². The van der Waals surface area contributed by atoms with E-state index >= 15 is 0 Å². The lowest BCUT2D eigenvalue weighted by atomic mass is 10.2. The Morgan fingerprint density at radius 1 is 1.23 bits per heavy atom. The Morgan fingerprint density at radius 3 is 2.55 bits per heavy atom. The fourth-order valence-electron chi connectivity index (χ4n) is 2.17. The Morgan fingerprint density at radius 2 is 1.95 bits per heavy atom. The smallest absolute Gasteiger partial charge is 0.247 e. The second-order valence-corrected chi connectivity index (χ2v) is 6.82. The monoisotopic (exact) mass is 332 g/mol. The van der Waals surface area contributed by atoms with Crippen LogP contribution in [0.15, 0.2) is 41.6 Å². The molecule has 0 bridgehead atoms. The van der Waals surface area contributed by atoms with Crippen LogP contribution in [0.3, 0.4) is 0 Å². The number of benzene rings is 1. The molecule has 1 aromatic heterocycles. The molecule has 2 heterocycles. The summed E-state index contributed by atoms with van der Waals surface area (Å²) in [6.45, 7) is 0.309. The third kappa shape index (κ3) is 2.59. The summed E-state index contributed by atoms with van der Waals surface area (Å²) < 4.78 is 65.3. The van der Waals surface area contributed by atoms with Crippen molar-refractivity contribution >= 4 is 10.0 Å². The van der Waals surface area contributed by atoms with Gasteiger partial charge in [0, 0.05) is 19.3 Å². The third-order valence-corrected chi connectivity index (χ3v) is 5.27. The van der Waals surface area contributed by atoms with Crippen LogP contribution in [0.4, 0.5) is 13.2 Å². The van der Waals surface area contributed by atoms with Crippen LogP contribution in [0, 0.1) is 0 Å². The summed E-state index contributed by atoms with van der Waals surface area (Å²) in [7, 11) is -3.94. The number of alkyl halides is 3. The van der Waals surface area contributed by atoms with Crippen LogP contribution < -0.4 is 0 Å². The molecular formula is C12H11F3N4O2S. The van der Waals surface area contributed by atoms with Crippen LogP contribution in [0.1, 0.15) is 11.6 Å². The highest BCUT2D eigenvalue weighted by atomic mass is 32.2. The fraction of sp³-hybridized carbons (Fsp3) is 0.333. The van der Waals surface area contributed by atoms with Gasteiger partial charge in [0.2, 0.25) is 10.0 Å². The molecule has 0 N–H and O–H groups in total. The second kappa shape index (κ2) is 5.06. The van der Waals surface area contributed by atoms with Gasteiger partial charge in [-0.2, -0.15) is 17.5 Å². The molecule has 1 aliphatic heterocycles. The lowest BCUT2D eigenvalue weighted by Crippen LogP contribution is -2.50. The summed E-state index contributed by atoms with van der Waals surface area (Å²) in [4.78, 5) is -0.362. The molecule has 118 valence electrons. The maximum Gasteiger partial charge on any atom is 0.416 e. The van der Waals surface area contributed by atoms with Gasteiger partial charge in [0.25, 0.3) is 0 Å². The molecule has 0 radical (unpaired) electrons.